The zero-order valence-electron chi connectivity index (χ0n) is 17.3. The molecule has 2 rings (SSSR count). The van der Waals surface area contributed by atoms with Gasteiger partial charge in [-0.1, -0.05) is 11.6 Å². The summed E-state index contributed by atoms with van der Waals surface area (Å²) in [5.74, 6) is -2.35. The Labute approximate surface area is 173 Å². The van der Waals surface area contributed by atoms with Gasteiger partial charge < -0.3 is 19.6 Å². The van der Waals surface area contributed by atoms with Crippen molar-refractivity contribution < 1.29 is 33.1 Å². The van der Waals surface area contributed by atoms with E-state index in [-0.39, 0.29) is 48.0 Å². The van der Waals surface area contributed by atoms with Crippen LogP contribution in [0.4, 0.5) is 5.88 Å². The Kier molecular flexibility index (Phi) is 7.35. The number of ether oxygens (including phenoxy) is 2. The van der Waals surface area contributed by atoms with Crippen LogP contribution in [0.25, 0.3) is 0 Å². The number of carbonyl (C=O) groups excluding carboxylic acids is 4. The van der Waals surface area contributed by atoms with E-state index in [9.17, 15) is 19.2 Å². The number of esters is 1. The van der Waals surface area contributed by atoms with Crippen LogP contribution in [0.2, 0.25) is 0 Å². The molecule has 0 unspecified atom stereocenters. The number of ketones is 1. The number of nitrogens with two attached hydrogens (primary N) is 1. The van der Waals surface area contributed by atoms with Crippen molar-refractivity contribution in [2.45, 2.75) is 33.6 Å². The molecule has 0 bridgehead atoms. The second-order valence-electron chi connectivity index (χ2n) is 6.50. The van der Waals surface area contributed by atoms with Crippen LogP contribution in [-0.2, 0) is 9.53 Å². The minimum absolute atomic E-state index is 0.0816. The van der Waals surface area contributed by atoms with Crippen molar-refractivity contribution in [1.29, 1.82) is 0 Å². The summed E-state index contributed by atoms with van der Waals surface area (Å²) in [6.45, 7) is 4.99. The van der Waals surface area contributed by atoms with Gasteiger partial charge in [0, 0.05) is 12.8 Å². The molecule has 2 amide bonds. The number of primary amides is 1. The topological polar surface area (TPSA) is 138 Å². The van der Waals surface area contributed by atoms with E-state index in [0.717, 1.165) is 5.56 Å². The van der Waals surface area contributed by atoms with Crippen molar-refractivity contribution in [3.05, 3.63) is 46.2 Å². The van der Waals surface area contributed by atoms with Crippen molar-refractivity contribution in [3.8, 4) is 5.75 Å². The highest BCUT2D eigenvalue weighted by atomic mass is 16.5. The van der Waals surface area contributed by atoms with Crippen LogP contribution < -0.4 is 15.8 Å². The molecular formula is C21H24N2O7. The molecule has 30 heavy (non-hydrogen) atoms. The maximum Gasteiger partial charge on any atom is 0.342 e. The Hall–Kier alpha value is -3.62. The summed E-state index contributed by atoms with van der Waals surface area (Å²) in [5.41, 5.74) is 6.20. The lowest BCUT2D eigenvalue weighted by Gasteiger charge is -2.09. The van der Waals surface area contributed by atoms with Gasteiger partial charge >= 0.3 is 5.97 Å². The van der Waals surface area contributed by atoms with E-state index in [4.69, 9.17) is 19.6 Å². The number of furan rings is 1. The Morgan fingerprint density at radius 2 is 1.80 bits per heavy atom. The van der Waals surface area contributed by atoms with Gasteiger partial charge in [0.2, 0.25) is 11.8 Å². The average molecular weight is 416 g/mol. The zero-order chi connectivity index (χ0) is 22.4. The molecule has 0 aliphatic carbocycles. The Morgan fingerprint density at radius 1 is 1.10 bits per heavy atom. The first-order valence-corrected chi connectivity index (χ1v) is 9.27. The maximum absolute atomic E-state index is 12.5. The second kappa shape index (κ2) is 9.73. The minimum Gasteiger partial charge on any atom is -0.496 e. The molecule has 3 N–H and O–H groups in total. The molecule has 160 valence electrons. The lowest BCUT2D eigenvalue weighted by Crippen LogP contribution is -2.20. The quantitative estimate of drug-likeness (QED) is 0.473. The third-order valence-electron chi connectivity index (χ3n) is 4.30. The van der Waals surface area contributed by atoms with E-state index in [1.807, 2.05) is 13.0 Å². The molecule has 0 fully saturated rings. The molecule has 0 saturated carbocycles. The fraction of sp³-hybridized carbons (Fsp3) is 0.333. The van der Waals surface area contributed by atoms with Crippen LogP contribution in [-0.4, -0.2) is 37.3 Å². The lowest BCUT2D eigenvalue weighted by atomic mass is 10.0. The van der Waals surface area contributed by atoms with Crippen LogP contribution in [0, 0.1) is 13.8 Å². The normalized spacial score (nSPS) is 10.4. The van der Waals surface area contributed by atoms with Gasteiger partial charge in [-0.2, -0.15) is 0 Å². The van der Waals surface area contributed by atoms with Crippen molar-refractivity contribution >= 4 is 29.5 Å². The fourth-order valence-corrected chi connectivity index (χ4v) is 2.91. The van der Waals surface area contributed by atoms with Gasteiger partial charge in [0.1, 0.15) is 22.6 Å². The third-order valence-corrected chi connectivity index (χ3v) is 4.30. The number of hydrogen-bond donors (Lipinski definition) is 2. The molecule has 0 radical (unpaired) electrons. The van der Waals surface area contributed by atoms with Crippen LogP contribution in [0.15, 0.2) is 22.6 Å². The van der Waals surface area contributed by atoms with Gasteiger partial charge in [0.15, 0.2) is 5.78 Å². The van der Waals surface area contributed by atoms with Gasteiger partial charge in [-0.15, -0.1) is 0 Å². The first-order chi connectivity index (χ1) is 14.2. The number of methoxy groups -OCH3 is 1. The van der Waals surface area contributed by atoms with E-state index in [2.05, 4.69) is 5.32 Å². The van der Waals surface area contributed by atoms with Crippen molar-refractivity contribution in [3.63, 3.8) is 0 Å². The molecule has 0 spiro atoms. The number of benzene rings is 1. The smallest absolute Gasteiger partial charge is 0.342 e. The highest BCUT2D eigenvalue weighted by molar-refractivity contribution is 6.11. The van der Waals surface area contributed by atoms with Crippen LogP contribution in [0.3, 0.4) is 0 Å². The molecular weight excluding hydrogens is 392 g/mol. The van der Waals surface area contributed by atoms with E-state index < -0.39 is 17.8 Å². The number of anilines is 1. The SMILES string of the molecule is CCOC(=O)c1c(C)oc(NC(=O)CCC(=O)c2cc(C)ccc2OC)c1C(N)=O. The molecule has 9 nitrogen and oxygen atoms in total. The zero-order valence-corrected chi connectivity index (χ0v) is 17.3. The van der Waals surface area contributed by atoms with Gasteiger partial charge in [0.25, 0.3) is 5.91 Å². The number of nitrogens with one attached hydrogen (secondary N) is 1. The van der Waals surface area contributed by atoms with E-state index in [1.54, 1.807) is 19.1 Å². The Balaban J connectivity index is 2.14. The molecule has 0 atom stereocenters. The van der Waals surface area contributed by atoms with Crippen molar-refractivity contribution in [1.82, 2.24) is 0 Å². The highest BCUT2D eigenvalue weighted by Crippen LogP contribution is 2.28. The average Bonchev–Trinajstić information content (AvgIpc) is 3.02. The Bertz CT molecular complexity index is 991. The summed E-state index contributed by atoms with van der Waals surface area (Å²) in [7, 11) is 1.46. The Morgan fingerprint density at radius 3 is 2.40 bits per heavy atom. The van der Waals surface area contributed by atoms with Gasteiger partial charge in [-0.25, -0.2) is 4.79 Å². The number of hydrogen-bond acceptors (Lipinski definition) is 7. The number of aryl methyl sites for hydroxylation is 2. The van der Waals surface area contributed by atoms with Gasteiger partial charge in [-0.05, 0) is 32.9 Å². The number of rotatable bonds is 9. The number of carbonyl (C=O) groups is 4. The molecule has 1 heterocycles. The maximum atomic E-state index is 12.5. The van der Waals surface area contributed by atoms with E-state index in [1.165, 1.54) is 14.0 Å². The van der Waals surface area contributed by atoms with Crippen molar-refractivity contribution in [2.24, 2.45) is 5.73 Å². The van der Waals surface area contributed by atoms with Gasteiger partial charge in [-0.3, -0.25) is 19.7 Å². The summed E-state index contributed by atoms with van der Waals surface area (Å²) < 4.78 is 15.4. The van der Waals surface area contributed by atoms with Crippen LogP contribution in [0.1, 0.15) is 62.2 Å². The first kappa shape index (κ1) is 22.7. The number of amides is 2. The molecule has 2 aromatic rings. The minimum atomic E-state index is -0.953. The van der Waals surface area contributed by atoms with Crippen molar-refractivity contribution in [2.75, 3.05) is 19.0 Å². The summed E-state index contributed by atoms with van der Waals surface area (Å²) in [4.78, 5) is 48.8. The summed E-state index contributed by atoms with van der Waals surface area (Å²) in [6, 6.07) is 5.18. The molecule has 0 aliphatic rings. The lowest BCUT2D eigenvalue weighted by molar-refractivity contribution is -0.116. The fourth-order valence-electron chi connectivity index (χ4n) is 2.91. The summed E-state index contributed by atoms with van der Waals surface area (Å²) in [6.07, 6.45) is -0.273. The monoisotopic (exact) mass is 416 g/mol. The van der Waals surface area contributed by atoms with Crippen LogP contribution in [0.5, 0.6) is 5.75 Å². The van der Waals surface area contributed by atoms with Gasteiger partial charge in [0.05, 0.1) is 19.3 Å². The summed E-state index contributed by atoms with van der Waals surface area (Å²) >= 11 is 0. The highest BCUT2D eigenvalue weighted by Gasteiger charge is 2.29. The summed E-state index contributed by atoms with van der Waals surface area (Å²) in [5, 5.41) is 2.40. The predicted molar refractivity (Wildman–Crippen MR) is 108 cm³/mol. The molecule has 1 aromatic carbocycles. The predicted octanol–water partition coefficient (Wildman–Crippen LogP) is 2.78. The third kappa shape index (κ3) is 5.05. The van der Waals surface area contributed by atoms with E-state index >= 15 is 0 Å². The second-order valence-corrected chi connectivity index (χ2v) is 6.50. The first-order valence-electron chi connectivity index (χ1n) is 9.27. The van der Waals surface area contributed by atoms with E-state index in [0.29, 0.717) is 11.3 Å². The molecule has 1 aromatic heterocycles. The molecule has 9 heteroatoms. The number of Topliss-reactive ketones (excluding diaryl/α,β-unsaturated/α-hetero) is 1. The van der Waals surface area contributed by atoms with Crippen LogP contribution >= 0.6 is 0 Å². The molecule has 0 saturated heterocycles. The standard InChI is InChI=1S/C21H24N2O7/c1-5-29-21(27)17-12(3)30-20(18(17)19(22)26)23-16(25)9-7-14(24)13-10-11(2)6-8-15(13)28-4/h6,8,10H,5,7,9H2,1-4H3,(H2,22,26)(H,23,25). The molecule has 0 aliphatic heterocycles. The largest absolute Gasteiger partial charge is 0.496 e.